The van der Waals surface area contributed by atoms with Gasteiger partial charge in [0.2, 0.25) is 0 Å². The third-order valence-electron chi connectivity index (χ3n) is 13.7. The van der Waals surface area contributed by atoms with Gasteiger partial charge in [0.05, 0.1) is 34.4 Å². The molecule has 0 aromatic rings. The Balaban J connectivity index is 4.18. The minimum Gasteiger partial charge on any atom is -0.477 e. The van der Waals surface area contributed by atoms with Crippen LogP contribution in [-0.4, -0.2) is 87.4 Å². The van der Waals surface area contributed by atoms with Gasteiger partial charge in [0.15, 0.2) is 6.10 Å². The van der Waals surface area contributed by atoms with Gasteiger partial charge in [-0.05, 0) is 89.9 Å². The molecule has 0 heterocycles. The second kappa shape index (κ2) is 61.8. The highest BCUT2D eigenvalue weighted by molar-refractivity contribution is 5.71. The van der Waals surface area contributed by atoms with E-state index in [1.165, 1.54) is 116 Å². The molecule has 0 aliphatic heterocycles. The topological polar surface area (TPSA) is 108 Å². The molecule has 9 heteroatoms. The molecule has 0 aliphatic carbocycles. The molecule has 0 saturated heterocycles. The standard InChI is InChI=1S/C72H121NO8/c1-6-8-10-12-14-16-18-20-22-24-25-26-27-28-29-30-31-32-33-34-35-36-37-38-39-40-41-42-43-44-45-47-49-51-53-55-57-59-61-63-70(75)81-68(67-80-72(71(76)77)78-65-64-73(3,4)5)66-79-69(74)62-60-58-56-54-52-50-48-46-23-21-19-17-15-13-11-9-7-2/h8,10,14,16,20,22,25-26,28-29,31-32,34-35,37-38,40-41,43-44,68,72H,6-7,9,11-13,15,17-19,21,23-24,27,30,33,36,39,42,45-67H2,1-5H3/p+1/b10-8-,16-14-,22-20-,26-25-,29-28-,32-31-,35-34-,38-37-,41-40-,44-43-. The average molecular weight is 1130 g/mol. The molecule has 2 atom stereocenters. The number of carboxylic acid groups (broad SMARTS) is 1. The molecule has 0 radical (unpaired) electrons. The predicted octanol–water partition coefficient (Wildman–Crippen LogP) is 20.0. The lowest BCUT2D eigenvalue weighted by atomic mass is 10.0. The average Bonchev–Trinajstić information content (AvgIpc) is 3.44. The van der Waals surface area contributed by atoms with Crippen LogP contribution in [0.2, 0.25) is 0 Å². The predicted molar refractivity (Wildman–Crippen MR) is 345 cm³/mol. The first-order valence-electron chi connectivity index (χ1n) is 32.7. The molecule has 81 heavy (non-hydrogen) atoms. The maximum atomic E-state index is 12.9. The van der Waals surface area contributed by atoms with Crippen molar-refractivity contribution in [1.29, 1.82) is 0 Å². The number of nitrogens with zero attached hydrogens (tertiary/aromatic N) is 1. The summed E-state index contributed by atoms with van der Waals surface area (Å²) in [6.45, 7) is 4.76. The first-order valence-corrected chi connectivity index (χ1v) is 32.7. The maximum absolute atomic E-state index is 12.9. The number of allylic oxidation sites excluding steroid dienone is 20. The summed E-state index contributed by atoms with van der Waals surface area (Å²) in [7, 11) is 5.96. The number of carbonyl (C=O) groups excluding carboxylic acids is 2. The summed E-state index contributed by atoms with van der Waals surface area (Å²) in [5.41, 5.74) is 0. The first kappa shape index (κ1) is 76.7. The fourth-order valence-electron chi connectivity index (χ4n) is 8.75. The third kappa shape index (κ3) is 63.1. The van der Waals surface area contributed by atoms with Crippen LogP contribution < -0.4 is 0 Å². The number of ether oxygens (including phenoxy) is 4. The number of rotatable bonds is 59. The molecule has 0 rings (SSSR count). The largest absolute Gasteiger partial charge is 0.477 e. The van der Waals surface area contributed by atoms with E-state index in [4.69, 9.17) is 18.9 Å². The molecule has 0 saturated carbocycles. The normalized spacial score (nSPS) is 13.5. The van der Waals surface area contributed by atoms with Gasteiger partial charge in [-0.25, -0.2) is 4.79 Å². The van der Waals surface area contributed by atoms with Gasteiger partial charge in [-0.1, -0.05) is 277 Å². The maximum Gasteiger partial charge on any atom is 0.361 e. The zero-order valence-corrected chi connectivity index (χ0v) is 52.7. The van der Waals surface area contributed by atoms with Crippen LogP contribution in [0.5, 0.6) is 0 Å². The van der Waals surface area contributed by atoms with Crippen molar-refractivity contribution in [2.24, 2.45) is 0 Å². The van der Waals surface area contributed by atoms with E-state index in [0.29, 0.717) is 23.9 Å². The van der Waals surface area contributed by atoms with Crippen LogP contribution in [0, 0.1) is 0 Å². The number of hydrogen-bond donors (Lipinski definition) is 1. The number of unbranched alkanes of at least 4 members (excludes halogenated alkanes) is 24. The molecule has 0 fully saturated rings. The smallest absolute Gasteiger partial charge is 0.361 e. The lowest BCUT2D eigenvalue weighted by molar-refractivity contribution is -0.870. The van der Waals surface area contributed by atoms with Gasteiger partial charge < -0.3 is 28.5 Å². The first-order chi connectivity index (χ1) is 39.6. The van der Waals surface area contributed by atoms with Gasteiger partial charge >= 0.3 is 17.9 Å². The van der Waals surface area contributed by atoms with Gasteiger partial charge in [-0.2, -0.15) is 0 Å². The second-order valence-corrected chi connectivity index (χ2v) is 22.7. The molecule has 9 nitrogen and oxygen atoms in total. The van der Waals surface area contributed by atoms with Crippen molar-refractivity contribution in [3.05, 3.63) is 122 Å². The van der Waals surface area contributed by atoms with Crippen LogP contribution >= 0.6 is 0 Å². The number of hydrogen-bond acceptors (Lipinski definition) is 7. The molecular formula is C72H122NO8+. The highest BCUT2D eigenvalue weighted by atomic mass is 16.7. The lowest BCUT2D eigenvalue weighted by Crippen LogP contribution is -2.40. The van der Waals surface area contributed by atoms with E-state index in [-0.39, 0.29) is 32.2 Å². The molecule has 462 valence electrons. The third-order valence-corrected chi connectivity index (χ3v) is 13.7. The van der Waals surface area contributed by atoms with E-state index in [2.05, 4.69) is 135 Å². The number of aliphatic carboxylic acids is 1. The number of carboxylic acids is 1. The van der Waals surface area contributed by atoms with Gasteiger partial charge in [0, 0.05) is 12.8 Å². The Morgan fingerprint density at radius 2 is 0.704 bits per heavy atom. The van der Waals surface area contributed by atoms with Gasteiger partial charge in [-0.15, -0.1) is 0 Å². The van der Waals surface area contributed by atoms with Gasteiger partial charge in [0.25, 0.3) is 6.29 Å². The zero-order chi connectivity index (χ0) is 59.1. The lowest BCUT2D eigenvalue weighted by Gasteiger charge is -2.25. The fourth-order valence-corrected chi connectivity index (χ4v) is 8.75. The van der Waals surface area contributed by atoms with Crippen LogP contribution in [-0.2, 0) is 33.3 Å². The van der Waals surface area contributed by atoms with E-state index in [1.54, 1.807) is 0 Å². The number of likely N-dealkylation sites (N-methyl/N-ethyl adjacent to an activating group) is 1. The van der Waals surface area contributed by atoms with Crippen LogP contribution in [0.4, 0.5) is 0 Å². The van der Waals surface area contributed by atoms with Crippen molar-refractivity contribution in [2.45, 2.75) is 270 Å². The minimum absolute atomic E-state index is 0.182. The molecule has 1 N–H and O–H groups in total. The van der Waals surface area contributed by atoms with Crippen molar-refractivity contribution < 1.29 is 42.9 Å². The Bertz CT molecular complexity index is 1740. The van der Waals surface area contributed by atoms with Crippen LogP contribution in [0.3, 0.4) is 0 Å². The Kier molecular flexibility index (Phi) is 58.5. The summed E-state index contributed by atoms with van der Waals surface area (Å²) >= 11 is 0. The van der Waals surface area contributed by atoms with Crippen molar-refractivity contribution >= 4 is 17.9 Å². The Morgan fingerprint density at radius 3 is 1.05 bits per heavy atom. The van der Waals surface area contributed by atoms with Crippen molar-refractivity contribution in [3.63, 3.8) is 0 Å². The fraction of sp³-hybridized carbons (Fsp3) is 0.681. The van der Waals surface area contributed by atoms with Crippen LogP contribution in [0.25, 0.3) is 0 Å². The summed E-state index contributed by atoms with van der Waals surface area (Å²) in [5, 5.41) is 9.72. The molecule has 2 unspecified atom stereocenters. The molecule has 0 amide bonds. The van der Waals surface area contributed by atoms with Gasteiger partial charge in [-0.3, -0.25) is 9.59 Å². The molecule has 0 spiro atoms. The van der Waals surface area contributed by atoms with Crippen LogP contribution in [0.1, 0.15) is 258 Å². The summed E-state index contributed by atoms with van der Waals surface area (Å²) in [5.74, 6) is -2.02. The molecule has 0 aromatic carbocycles. The Labute approximate surface area is 497 Å². The zero-order valence-electron chi connectivity index (χ0n) is 52.7. The summed E-state index contributed by atoms with van der Waals surface area (Å²) in [6, 6.07) is 0. The molecular weight excluding hydrogens is 1010 g/mol. The number of esters is 2. The molecule has 0 aromatic heterocycles. The van der Waals surface area contributed by atoms with Crippen molar-refractivity contribution in [1.82, 2.24) is 0 Å². The summed E-state index contributed by atoms with van der Waals surface area (Å²) in [4.78, 5) is 37.5. The van der Waals surface area contributed by atoms with E-state index in [9.17, 15) is 19.5 Å². The Morgan fingerprint density at radius 1 is 0.383 bits per heavy atom. The summed E-state index contributed by atoms with van der Waals surface area (Å²) in [6.07, 6.45) is 84.3. The molecule has 0 bridgehead atoms. The number of quaternary nitrogens is 1. The second-order valence-electron chi connectivity index (χ2n) is 22.7. The quantitative estimate of drug-likeness (QED) is 0.0211. The monoisotopic (exact) mass is 1130 g/mol. The molecule has 0 aliphatic rings. The van der Waals surface area contributed by atoms with Crippen molar-refractivity contribution in [2.75, 3.05) is 47.5 Å². The van der Waals surface area contributed by atoms with E-state index < -0.39 is 24.3 Å². The SMILES string of the molecule is CC/C=C\C/C=C\C/C=C\C/C=C\C/C=C\C/C=C\C/C=C\C/C=C\C/C=C\C/C=C\CCCCCCCCCCC(=O)OC(COC(=O)CCCCCCCCCCCCCCCCCCC)COC(OCC[N+](C)(C)C)C(=O)O. The van der Waals surface area contributed by atoms with Gasteiger partial charge in [0.1, 0.15) is 13.2 Å². The Hall–Kier alpha value is -4.31. The van der Waals surface area contributed by atoms with Crippen molar-refractivity contribution in [3.8, 4) is 0 Å². The summed E-state index contributed by atoms with van der Waals surface area (Å²) < 4.78 is 22.9. The minimum atomic E-state index is -1.52. The van der Waals surface area contributed by atoms with E-state index >= 15 is 0 Å². The van der Waals surface area contributed by atoms with E-state index in [1.807, 2.05) is 21.1 Å². The van der Waals surface area contributed by atoms with Crippen LogP contribution in [0.15, 0.2) is 122 Å². The van der Waals surface area contributed by atoms with E-state index in [0.717, 1.165) is 109 Å². The highest BCUT2D eigenvalue weighted by Gasteiger charge is 2.25. The number of carbonyl (C=O) groups is 3. The highest BCUT2D eigenvalue weighted by Crippen LogP contribution is 2.16.